The maximum atomic E-state index is 13.2. The predicted molar refractivity (Wildman–Crippen MR) is 152 cm³/mol. The van der Waals surface area contributed by atoms with Gasteiger partial charge in [0, 0.05) is 57.5 Å². The lowest BCUT2D eigenvalue weighted by Crippen LogP contribution is -2.58. The quantitative estimate of drug-likeness (QED) is 0.449. The van der Waals surface area contributed by atoms with Crippen molar-refractivity contribution in [2.75, 3.05) is 44.7 Å². The molecule has 2 fully saturated rings. The number of hydrogen-bond donors (Lipinski definition) is 3. The third-order valence-corrected chi connectivity index (χ3v) is 7.67. The first kappa shape index (κ1) is 29.6. The molecule has 2 aromatic rings. The van der Waals surface area contributed by atoms with E-state index < -0.39 is 17.9 Å². The van der Waals surface area contributed by atoms with Gasteiger partial charge in [-0.25, -0.2) is 14.0 Å². The SMILES string of the molecule is CC(C)(N)C(=O)N1CCN(C(=O)Nc2ccn(-c3ccc(CN(CCF)C4CCC(N)CC4)cc3)c(=O)n2)CC1. The molecule has 0 radical (unpaired) electrons. The molecule has 1 aliphatic carbocycles. The molecule has 11 nitrogen and oxygen atoms in total. The molecule has 40 heavy (non-hydrogen) atoms. The van der Waals surface area contributed by atoms with Gasteiger partial charge in [0.05, 0.1) is 11.2 Å². The highest BCUT2D eigenvalue weighted by atomic mass is 19.1. The van der Waals surface area contributed by atoms with Gasteiger partial charge < -0.3 is 21.3 Å². The van der Waals surface area contributed by atoms with E-state index in [1.54, 1.807) is 35.9 Å². The van der Waals surface area contributed by atoms with E-state index in [-0.39, 0.29) is 23.8 Å². The summed E-state index contributed by atoms with van der Waals surface area (Å²) in [6.07, 6.45) is 5.45. The van der Waals surface area contributed by atoms with E-state index in [1.807, 2.05) is 24.3 Å². The summed E-state index contributed by atoms with van der Waals surface area (Å²) in [4.78, 5) is 47.3. The second-order valence-corrected chi connectivity index (χ2v) is 11.3. The number of hydrogen-bond acceptors (Lipinski definition) is 7. The molecule has 3 amide bonds. The number of carbonyl (C=O) groups is 2. The van der Waals surface area contributed by atoms with Crippen LogP contribution in [-0.4, -0.2) is 93.2 Å². The minimum absolute atomic E-state index is 0.151. The number of alkyl halides is 1. The molecule has 4 rings (SSSR count). The van der Waals surface area contributed by atoms with Gasteiger partial charge in [0.1, 0.15) is 12.5 Å². The van der Waals surface area contributed by atoms with Crippen LogP contribution in [0, 0.1) is 0 Å². The second kappa shape index (κ2) is 12.9. The fraction of sp³-hybridized carbons (Fsp3) is 0.571. The van der Waals surface area contributed by atoms with Gasteiger partial charge in [-0.2, -0.15) is 4.98 Å². The van der Waals surface area contributed by atoms with E-state index in [2.05, 4.69) is 15.2 Å². The van der Waals surface area contributed by atoms with Crippen molar-refractivity contribution in [2.45, 2.75) is 63.7 Å². The standard InChI is InChI=1S/C28H41FN8O3/c1-28(2,31)25(38)34-15-17-35(18-16-34)26(39)32-24-11-13-37(27(40)33-24)23-7-3-20(4-8-23)19-36(14-12-29)22-9-5-21(30)6-10-22/h3-4,7-8,11,13,21-22H,5-6,9-10,12,14-19,30-31H2,1-2H3,(H,32,33,39,40). The lowest BCUT2D eigenvalue weighted by molar-refractivity contribution is -0.137. The molecule has 218 valence electrons. The summed E-state index contributed by atoms with van der Waals surface area (Å²) in [5.41, 5.74) is 12.1. The normalized spacial score (nSPS) is 20.1. The molecule has 1 saturated carbocycles. The van der Waals surface area contributed by atoms with E-state index >= 15 is 0 Å². The molecule has 1 aromatic carbocycles. The highest BCUT2D eigenvalue weighted by Crippen LogP contribution is 2.24. The maximum Gasteiger partial charge on any atom is 0.354 e. The molecule has 1 saturated heterocycles. The molecule has 0 bridgehead atoms. The zero-order valence-corrected chi connectivity index (χ0v) is 23.4. The van der Waals surface area contributed by atoms with Crippen molar-refractivity contribution in [3.05, 3.63) is 52.6 Å². The Kier molecular flexibility index (Phi) is 9.54. The number of nitrogens with two attached hydrogens (primary N) is 2. The number of urea groups is 1. The average molecular weight is 557 g/mol. The number of halogens is 1. The van der Waals surface area contributed by atoms with Crippen LogP contribution in [0.1, 0.15) is 45.1 Å². The fourth-order valence-electron chi connectivity index (χ4n) is 5.34. The molecule has 2 heterocycles. The van der Waals surface area contributed by atoms with E-state index in [0.717, 1.165) is 31.2 Å². The van der Waals surface area contributed by atoms with Gasteiger partial charge in [0.2, 0.25) is 5.91 Å². The van der Waals surface area contributed by atoms with Crippen molar-refractivity contribution in [2.24, 2.45) is 11.5 Å². The third kappa shape index (κ3) is 7.43. The summed E-state index contributed by atoms with van der Waals surface area (Å²) >= 11 is 0. The third-order valence-electron chi connectivity index (χ3n) is 7.67. The Balaban J connectivity index is 1.34. The molecule has 1 aliphatic heterocycles. The largest absolute Gasteiger partial charge is 0.354 e. The molecule has 1 aromatic heterocycles. The molecular weight excluding hydrogens is 515 g/mol. The van der Waals surface area contributed by atoms with E-state index in [4.69, 9.17) is 11.5 Å². The predicted octanol–water partition coefficient (Wildman–Crippen LogP) is 1.69. The molecule has 0 unspecified atom stereocenters. The minimum atomic E-state index is -0.960. The summed E-state index contributed by atoms with van der Waals surface area (Å²) in [5, 5.41) is 2.67. The number of benzene rings is 1. The van der Waals surface area contributed by atoms with Crippen molar-refractivity contribution in [1.29, 1.82) is 0 Å². The lowest BCUT2D eigenvalue weighted by atomic mass is 9.90. The summed E-state index contributed by atoms with van der Waals surface area (Å²) in [7, 11) is 0. The van der Waals surface area contributed by atoms with Gasteiger partial charge >= 0.3 is 11.7 Å². The van der Waals surface area contributed by atoms with E-state index in [0.29, 0.717) is 51.0 Å². The second-order valence-electron chi connectivity index (χ2n) is 11.3. The number of anilines is 1. The smallest absolute Gasteiger partial charge is 0.338 e. The summed E-state index contributed by atoms with van der Waals surface area (Å²) in [5.74, 6) is -0.00379. The first-order chi connectivity index (χ1) is 19.0. The molecule has 12 heteroatoms. The molecule has 2 aliphatic rings. The highest BCUT2D eigenvalue weighted by molar-refractivity contribution is 5.89. The van der Waals surface area contributed by atoms with Crippen LogP contribution >= 0.6 is 0 Å². The Morgan fingerprint density at radius 3 is 2.25 bits per heavy atom. The Bertz CT molecular complexity index is 1210. The van der Waals surface area contributed by atoms with Crippen LogP contribution in [0.25, 0.3) is 5.69 Å². The summed E-state index contributed by atoms with van der Waals surface area (Å²) in [6, 6.07) is 9.31. The first-order valence-corrected chi connectivity index (χ1v) is 13.9. The van der Waals surface area contributed by atoms with E-state index in [9.17, 15) is 18.8 Å². The topological polar surface area (TPSA) is 143 Å². The Morgan fingerprint density at radius 1 is 1.05 bits per heavy atom. The van der Waals surface area contributed by atoms with Crippen molar-refractivity contribution in [3.8, 4) is 5.69 Å². The van der Waals surface area contributed by atoms with Crippen LogP contribution in [0.15, 0.2) is 41.3 Å². The van der Waals surface area contributed by atoms with Crippen LogP contribution in [0.4, 0.5) is 15.0 Å². The number of carbonyl (C=O) groups excluding carboxylic acids is 2. The van der Waals surface area contributed by atoms with Gasteiger partial charge in [-0.05, 0) is 63.3 Å². The number of rotatable bonds is 8. The van der Waals surface area contributed by atoms with Crippen molar-refractivity contribution in [1.82, 2.24) is 24.3 Å². The first-order valence-electron chi connectivity index (χ1n) is 13.9. The van der Waals surface area contributed by atoms with Crippen LogP contribution < -0.4 is 22.5 Å². The Morgan fingerprint density at radius 2 is 1.68 bits per heavy atom. The maximum absolute atomic E-state index is 13.2. The average Bonchev–Trinajstić information content (AvgIpc) is 2.93. The lowest BCUT2D eigenvalue weighted by Gasteiger charge is -2.37. The van der Waals surface area contributed by atoms with Crippen LogP contribution in [0.3, 0.4) is 0 Å². The highest BCUT2D eigenvalue weighted by Gasteiger charge is 2.31. The Labute approximate surface area is 234 Å². The number of nitrogens with zero attached hydrogens (tertiary/aromatic N) is 5. The monoisotopic (exact) mass is 556 g/mol. The van der Waals surface area contributed by atoms with Gasteiger partial charge in [0.15, 0.2) is 0 Å². The Hall–Kier alpha value is -3.35. The molecule has 5 N–H and O–H groups in total. The van der Waals surface area contributed by atoms with Crippen molar-refractivity contribution in [3.63, 3.8) is 0 Å². The zero-order valence-electron chi connectivity index (χ0n) is 23.4. The molecule has 0 spiro atoms. The number of piperazine rings is 1. The van der Waals surface area contributed by atoms with Crippen LogP contribution in [0.5, 0.6) is 0 Å². The van der Waals surface area contributed by atoms with Crippen molar-refractivity contribution < 1.29 is 14.0 Å². The van der Waals surface area contributed by atoms with Crippen molar-refractivity contribution >= 4 is 17.8 Å². The fourth-order valence-corrected chi connectivity index (χ4v) is 5.34. The van der Waals surface area contributed by atoms with Gasteiger partial charge in [-0.1, -0.05) is 12.1 Å². The summed E-state index contributed by atoms with van der Waals surface area (Å²) in [6.45, 7) is 5.43. The molecular formula is C28H41FN8O3. The van der Waals surface area contributed by atoms with Gasteiger partial charge in [-0.15, -0.1) is 0 Å². The number of amides is 3. The van der Waals surface area contributed by atoms with Gasteiger partial charge in [0.25, 0.3) is 0 Å². The van der Waals surface area contributed by atoms with Gasteiger partial charge in [-0.3, -0.25) is 19.6 Å². The summed E-state index contributed by atoms with van der Waals surface area (Å²) < 4.78 is 14.7. The zero-order chi connectivity index (χ0) is 28.9. The van der Waals surface area contributed by atoms with Crippen LogP contribution in [-0.2, 0) is 11.3 Å². The number of aromatic nitrogens is 2. The minimum Gasteiger partial charge on any atom is -0.338 e. The van der Waals surface area contributed by atoms with E-state index in [1.165, 1.54) is 4.57 Å². The van der Waals surface area contributed by atoms with Crippen LogP contribution in [0.2, 0.25) is 0 Å². The molecule has 0 atom stereocenters. The number of nitrogens with one attached hydrogen (secondary N) is 1.